The van der Waals surface area contributed by atoms with Gasteiger partial charge < -0.3 is 14.2 Å². The molecule has 5 nitrogen and oxygen atoms in total. The molecule has 7 heteroatoms. The maximum absolute atomic E-state index is 5.42. The van der Waals surface area contributed by atoms with E-state index in [0.29, 0.717) is 0 Å². The first-order chi connectivity index (χ1) is 10.4. The Kier molecular flexibility index (Phi) is 6.53. The average Bonchev–Trinajstić information content (AvgIpc) is 2.93. The van der Waals surface area contributed by atoms with Gasteiger partial charge in [-0.3, -0.25) is 4.90 Å². The number of fused-ring (bicyclic) bond motifs is 3. The number of ether oxygens (including phenoxy) is 1. The van der Waals surface area contributed by atoms with Crippen molar-refractivity contribution in [3.8, 4) is 0 Å². The van der Waals surface area contributed by atoms with E-state index in [0.717, 1.165) is 63.9 Å². The van der Waals surface area contributed by atoms with E-state index in [-0.39, 0.29) is 24.8 Å². The van der Waals surface area contributed by atoms with Gasteiger partial charge in [-0.2, -0.15) is 0 Å². The lowest BCUT2D eigenvalue weighted by Crippen LogP contribution is -2.43. The van der Waals surface area contributed by atoms with E-state index in [1.807, 2.05) is 0 Å². The molecule has 0 radical (unpaired) electrons. The number of hydrogen-bond donors (Lipinski definition) is 0. The van der Waals surface area contributed by atoms with Crippen molar-refractivity contribution in [2.75, 3.05) is 50.8 Å². The highest BCUT2D eigenvalue weighted by Gasteiger charge is 2.21. The number of aryl methyl sites for hydroxylation is 1. The predicted molar refractivity (Wildman–Crippen MR) is 98.3 cm³/mol. The number of morpholine rings is 1. The normalized spacial score (nSPS) is 18.2. The molecule has 2 aromatic rings. The van der Waals surface area contributed by atoms with Crippen molar-refractivity contribution in [2.24, 2.45) is 0 Å². The Morgan fingerprint density at radius 3 is 2.57 bits per heavy atom. The first-order valence-electron chi connectivity index (χ1n) is 7.92. The van der Waals surface area contributed by atoms with Gasteiger partial charge in [0.1, 0.15) is 0 Å². The molecule has 0 unspecified atom stereocenters. The quantitative estimate of drug-likeness (QED) is 0.843. The molecular weight excluding hydrogens is 335 g/mol. The number of anilines is 1. The number of hydrogen-bond acceptors (Lipinski definition) is 4. The first kappa shape index (κ1) is 18.3. The van der Waals surface area contributed by atoms with Crippen LogP contribution >= 0.6 is 24.8 Å². The van der Waals surface area contributed by atoms with E-state index in [1.54, 1.807) is 0 Å². The molecule has 0 saturated carbocycles. The highest BCUT2D eigenvalue weighted by atomic mass is 35.5. The molecular formula is C16H24Cl2N4O. The van der Waals surface area contributed by atoms with Gasteiger partial charge >= 0.3 is 0 Å². The maximum Gasteiger partial charge on any atom is 0.206 e. The summed E-state index contributed by atoms with van der Waals surface area (Å²) < 4.78 is 7.79. The van der Waals surface area contributed by atoms with Crippen molar-refractivity contribution in [1.82, 2.24) is 14.5 Å². The summed E-state index contributed by atoms with van der Waals surface area (Å²) in [7, 11) is 0. The van der Waals surface area contributed by atoms with Gasteiger partial charge in [-0.05, 0) is 18.6 Å². The summed E-state index contributed by atoms with van der Waals surface area (Å²) in [4.78, 5) is 9.78. The number of para-hydroxylation sites is 2. The SMILES string of the molecule is Cl.Cl.c1ccc2c(c1)nc1n2CCCN1CCN1CCOCC1. The largest absolute Gasteiger partial charge is 0.379 e. The van der Waals surface area contributed by atoms with Crippen LogP contribution < -0.4 is 4.90 Å². The molecule has 1 fully saturated rings. The van der Waals surface area contributed by atoms with Gasteiger partial charge in [0.05, 0.1) is 24.2 Å². The molecule has 0 N–H and O–H groups in total. The van der Waals surface area contributed by atoms with E-state index in [4.69, 9.17) is 9.72 Å². The summed E-state index contributed by atoms with van der Waals surface area (Å²) in [6.07, 6.45) is 1.20. The fourth-order valence-electron chi connectivity index (χ4n) is 3.34. The average molecular weight is 359 g/mol. The van der Waals surface area contributed by atoms with Crippen LogP contribution in [0.2, 0.25) is 0 Å². The van der Waals surface area contributed by atoms with E-state index >= 15 is 0 Å². The van der Waals surface area contributed by atoms with Gasteiger partial charge in [-0.15, -0.1) is 24.8 Å². The molecule has 1 saturated heterocycles. The third kappa shape index (κ3) is 3.74. The minimum Gasteiger partial charge on any atom is -0.379 e. The topological polar surface area (TPSA) is 33.5 Å². The van der Waals surface area contributed by atoms with Crippen molar-refractivity contribution in [3.63, 3.8) is 0 Å². The Hall–Kier alpha value is -1.01. The molecule has 3 heterocycles. The van der Waals surface area contributed by atoms with Crippen LogP contribution in [0.4, 0.5) is 5.95 Å². The van der Waals surface area contributed by atoms with Crippen LogP contribution in [0, 0.1) is 0 Å². The Balaban J connectivity index is 0.000000960. The molecule has 2 aliphatic rings. The summed E-state index contributed by atoms with van der Waals surface area (Å²) in [5.41, 5.74) is 2.38. The second-order valence-electron chi connectivity index (χ2n) is 5.85. The van der Waals surface area contributed by atoms with Crippen molar-refractivity contribution >= 4 is 41.8 Å². The lowest BCUT2D eigenvalue weighted by molar-refractivity contribution is 0.0391. The lowest BCUT2D eigenvalue weighted by atomic mass is 10.3. The number of imidazole rings is 1. The van der Waals surface area contributed by atoms with Crippen LogP contribution in [0.5, 0.6) is 0 Å². The third-order valence-electron chi connectivity index (χ3n) is 4.52. The molecule has 1 aromatic carbocycles. The van der Waals surface area contributed by atoms with Crippen LogP contribution in [0.3, 0.4) is 0 Å². The number of halogens is 2. The Morgan fingerprint density at radius 1 is 0.957 bits per heavy atom. The predicted octanol–water partition coefficient (Wildman–Crippen LogP) is 2.42. The van der Waals surface area contributed by atoms with Crippen molar-refractivity contribution in [1.29, 1.82) is 0 Å². The minimum atomic E-state index is 0. The Labute approximate surface area is 149 Å². The molecule has 0 aliphatic carbocycles. The zero-order valence-corrected chi connectivity index (χ0v) is 14.8. The molecule has 0 bridgehead atoms. The van der Waals surface area contributed by atoms with E-state index in [9.17, 15) is 0 Å². The summed E-state index contributed by atoms with van der Waals surface area (Å²) >= 11 is 0. The van der Waals surface area contributed by atoms with Crippen LogP contribution in [-0.4, -0.2) is 60.4 Å². The Bertz CT molecular complexity index is 628. The van der Waals surface area contributed by atoms with Gasteiger partial charge in [-0.1, -0.05) is 12.1 Å². The molecule has 1 aromatic heterocycles. The smallest absolute Gasteiger partial charge is 0.206 e. The molecule has 4 rings (SSSR count). The van der Waals surface area contributed by atoms with Gasteiger partial charge in [0.15, 0.2) is 0 Å². The standard InChI is InChI=1S/C16H22N4O.2ClH/c1-2-5-15-14(4-1)17-16-19(6-3-7-20(15)16)9-8-18-10-12-21-13-11-18;;/h1-2,4-5H,3,6-13H2;2*1H. The lowest BCUT2D eigenvalue weighted by Gasteiger charge is -2.33. The fraction of sp³-hybridized carbons (Fsp3) is 0.562. The number of rotatable bonds is 3. The maximum atomic E-state index is 5.42. The van der Waals surface area contributed by atoms with Gasteiger partial charge in [0.25, 0.3) is 0 Å². The van der Waals surface area contributed by atoms with Crippen molar-refractivity contribution in [3.05, 3.63) is 24.3 Å². The summed E-state index contributed by atoms with van der Waals surface area (Å²) in [6, 6.07) is 8.46. The minimum absolute atomic E-state index is 0. The van der Waals surface area contributed by atoms with E-state index < -0.39 is 0 Å². The van der Waals surface area contributed by atoms with Gasteiger partial charge in [0, 0.05) is 39.3 Å². The Morgan fingerprint density at radius 2 is 1.74 bits per heavy atom. The number of benzene rings is 1. The molecule has 0 spiro atoms. The van der Waals surface area contributed by atoms with Crippen LogP contribution in [0.25, 0.3) is 11.0 Å². The summed E-state index contributed by atoms with van der Waals surface area (Å²) in [5, 5.41) is 0. The third-order valence-corrected chi connectivity index (χ3v) is 4.52. The zero-order valence-electron chi connectivity index (χ0n) is 13.2. The summed E-state index contributed by atoms with van der Waals surface area (Å²) in [5.74, 6) is 1.15. The molecule has 128 valence electrons. The zero-order chi connectivity index (χ0) is 14.1. The number of nitrogens with zero attached hydrogens (tertiary/aromatic N) is 4. The van der Waals surface area contributed by atoms with Crippen molar-refractivity contribution in [2.45, 2.75) is 13.0 Å². The second-order valence-corrected chi connectivity index (χ2v) is 5.85. The second kappa shape index (κ2) is 8.20. The van der Waals surface area contributed by atoms with Crippen LogP contribution in [0.15, 0.2) is 24.3 Å². The first-order valence-corrected chi connectivity index (χ1v) is 7.92. The van der Waals surface area contributed by atoms with E-state index in [1.165, 1.54) is 11.9 Å². The molecule has 0 atom stereocenters. The molecule has 0 amide bonds. The number of aromatic nitrogens is 2. The van der Waals surface area contributed by atoms with Crippen LogP contribution in [0.1, 0.15) is 6.42 Å². The molecule has 23 heavy (non-hydrogen) atoms. The van der Waals surface area contributed by atoms with Gasteiger partial charge in [0.2, 0.25) is 5.95 Å². The van der Waals surface area contributed by atoms with Crippen LogP contribution in [-0.2, 0) is 11.3 Å². The summed E-state index contributed by atoms with van der Waals surface area (Å²) in [6.45, 7) is 8.24. The van der Waals surface area contributed by atoms with Gasteiger partial charge in [-0.25, -0.2) is 4.98 Å². The van der Waals surface area contributed by atoms with Crippen molar-refractivity contribution < 1.29 is 4.74 Å². The molecule has 2 aliphatic heterocycles. The fourth-order valence-corrected chi connectivity index (χ4v) is 3.34. The monoisotopic (exact) mass is 358 g/mol. The van der Waals surface area contributed by atoms with E-state index in [2.05, 4.69) is 38.6 Å². The highest BCUT2D eigenvalue weighted by molar-refractivity contribution is 5.85. The highest BCUT2D eigenvalue weighted by Crippen LogP contribution is 2.26.